The normalized spacial score (nSPS) is 20.1. The predicted octanol–water partition coefficient (Wildman–Crippen LogP) is 2.38. The third-order valence-electron chi connectivity index (χ3n) is 5.83. The predicted molar refractivity (Wildman–Crippen MR) is 99.9 cm³/mol. The number of carboxylic acids is 1. The first-order valence-electron chi connectivity index (χ1n) is 9.40. The number of rotatable bonds is 6. The molecule has 0 aliphatic heterocycles. The molecule has 2 aliphatic rings. The summed E-state index contributed by atoms with van der Waals surface area (Å²) >= 11 is 0. The highest BCUT2D eigenvalue weighted by atomic mass is 32.2. The minimum absolute atomic E-state index is 0.0218. The number of carbonyl (C=O) groups is 2. The molecule has 0 bridgehead atoms. The second-order valence-corrected chi connectivity index (χ2v) is 9.53. The van der Waals surface area contributed by atoms with Crippen molar-refractivity contribution < 1.29 is 23.1 Å². The van der Waals surface area contributed by atoms with Crippen LogP contribution in [0.3, 0.4) is 0 Å². The molecular formula is C19H26N2O5S. The minimum Gasteiger partial charge on any atom is -0.480 e. The molecule has 27 heavy (non-hydrogen) atoms. The van der Waals surface area contributed by atoms with E-state index in [-0.39, 0.29) is 16.5 Å². The van der Waals surface area contributed by atoms with Crippen LogP contribution < -0.4 is 5.32 Å². The highest BCUT2D eigenvalue weighted by Gasteiger charge is 2.45. The van der Waals surface area contributed by atoms with Gasteiger partial charge in [0.05, 0.1) is 4.90 Å². The summed E-state index contributed by atoms with van der Waals surface area (Å²) in [5.74, 6) is -1.61. The molecule has 2 saturated carbocycles. The summed E-state index contributed by atoms with van der Waals surface area (Å²) in [6.45, 7) is 0. The maximum Gasteiger partial charge on any atom is 0.329 e. The molecule has 7 nitrogen and oxygen atoms in total. The van der Waals surface area contributed by atoms with Crippen LogP contribution in [0, 0.1) is 0 Å². The number of benzene rings is 1. The van der Waals surface area contributed by atoms with Crippen LogP contribution in [0.1, 0.15) is 61.7 Å². The van der Waals surface area contributed by atoms with Gasteiger partial charge >= 0.3 is 5.97 Å². The van der Waals surface area contributed by atoms with E-state index in [1.165, 1.54) is 28.6 Å². The fourth-order valence-corrected chi connectivity index (χ4v) is 5.28. The zero-order valence-corrected chi connectivity index (χ0v) is 16.3. The number of nitrogens with one attached hydrogen (secondary N) is 1. The van der Waals surface area contributed by atoms with E-state index in [4.69, 9.17) is 0 Å². The third-order valence-corrected chi connectivity index (χ3v) is 7.74. The Morgan fingerprint density at radius 3 is 2.37 bits per heavy atom. The number of aliphatic carboxylic acids is 1. The van der Waals surface area contributed by atoms with E-state index in [0.717, 1.165) is 38.5 Å². The maximum absolute atomic E-state index is 13.0. The first kappa shape index (κ1) is 19.8. The molecule has 0 atom stereocenters. The molecule has 2 fully saturated rings. The van der Waals surface area contributed by atoms with Gasteiger partial charge in [0, 0.05) is 18.7 Å². The molecule has 2 aliphatic carbocycles. The Morgan fingerprint density at radius 1 is 1.15 bits per heavy atom. The Balaban J connectivity index is 1.80. The number of hydrogen-bond acceptors (Lipinski definition) is 4. The van der Waals surface area contributed by atoms with Crippen LogP contribution in [0.4, 0.5) is 0 Å². The van der Waals surface area contributed by atoms with Gasteiger partial charge < -0.3 is 10.4 Å². The van der Waals surface area contributed by atoms with Crippen LogP contribution in [0.2, 0.25) is 0 Å². The Hall–Kier alpha value is -1.93. The summed E-state index contributed by atoms with van der Waals surface area (Å²) in [6.07, 6.45) is 6.37. The average Bonchev–Trinajstić information content (AvgIpc) is 2.64. The van der Waals surface area contributed by atoms with E-state index in [1.54, 1.807) is 7.05 Å². The van der Waals surface area contributed by atoms with E-state index < -0.39 is 27.4 Å². The molecule has 3 rings (SSSR count). The Morgan fingerprint density at radius 2 is 1.81 bits per heavy atom. The van der Waals surface area contributed by atoms with Crippen LogP contribution in [0.15, 0.2) is 29.2 Å². The number of carboxylic acid groups (broad SMARTS) is 1. The third kappa shape index (κ3) is 3.87. The lowest BCUT2D eigenvalue weighted by atomic mass is 9.76. The van der Waals surface area contributed by atoms with Gasteiger partial charge in [0.2, 0.25) is 10.0 Å². The van der Waals surface area contributed by atoms with Crippen molar-refractivity contribution in [2.45, 2.75) is 67.8 Å². The largest absolute Gasteiger partial charge is 0.480 e. The van der Waals surface area contributed by atoms with Crippen molar-refractivity contribution in [3.63, 3.8) is 0 Å². The van der Waals surface area contributed by atoms with Crippen molar-refractivity contribution in [2.75, 3.05) is 7.05 Å². The summed E-state index contributed by atoms with van der Waals surface area (Å²) in [5, 5.41) is 11.9. The van der Waals surface area contributed by atoms with Gasteiger partial charge in [-0.25, -0.2) is 13.2 Å². The number of amides is 1. The Bertz CT molecular complexity index is 826. The average molecular weight is 394 g/mol. The van der Waals surface area contributed by atoms with Gasteiger partial charge in [-0.15, -0.1) is 0 Å². The molecule has 1 aromatic carbocycles. The SMILES string of the molecule is CN(C1CCCCC1)S(=O)(=O)c1cccc(C(=O)NC2(C(=O)O)CCC2)c1. The van der Waals surface area contributed by atoms with Crippen molar-refractivity contribution >= 4 is 21.9 Å². The smallest absolute Gasteiger partial charge is 0.329 e. The summed E-state index contributed by atoms with van der Waals surface area (Å²) < 4.78 is 27.3. The molecule has 2 N–H and O–H groups in total. The molecular weight excluding hydrogens is 368 g/mol. The number of nitrogens with zero attached hydrogens (tertiary/aromatic N) is 1. The highest BCUT2D eigenvalue weighted by Crippen LogP contribution is 2.32. The molecule has 0 unspecified atom stereocenters. The topological polar surface area (TPSA) is 104 Å². The van der Waals surface area contributed by atoms with Gasteiger partial charge in [0.1, 0.15) is 5.54 Å². The number of sulfonamides is 1. The fourth-order valence-electron chi connectivity index (χ4n) is 3.82. The molecule has 0 radical (unpaired) electrons. The summed E-state index contributed by atoms with van der Waals surface area (Å²) in [7, 11) is -2.12. The van der Waals surface area contributed by atoms with Gasteiger partial charge in [-0.05, 0) is 50.3 Å². The maximum atomic E-state index is 13.0. The van der Waals surface area contributed by atoms with Crippen LogP contribution in [0.25, 0.3) is 0 Å². The molecule has 148 valence electrons. The van der Waals surface area contributed by atoms with Crippen LogP contribution in [0.5, 0.6) is 0 Å². The van der Waals surface area contributed by atoms with Gasteiger partial charge in [0.15, 0.2) is 0 Å². The lowest BCUT2D eigenvalue weighted by Crippen LogP contribution is -2.59. The van der Waals surface area contributed by atoms with Crippen LogP contribution in [-0.2, 0) is 14.8 Å². The van der Waals surface area contributed by atoms with Crippen molar-refractivity contribution in [3.05, 3.63) is 29.8 Å². The molecule has 8 heteroatoms. The van der Waals surface area contributed by atoms with E-state index in [2.05, 4.69) is 5.32 Å². The standard InChI is InChI=1S/C19H26N2O5S/c1-21(15-8-3-2-4-9-15)27(25,26)16-10-5-7-14(13-16)17(22)20-19(18(23)24)11-6-12-19/h5,7,10,13,15H,2-4,6,8-9,11-12H2,1H3,(H,20,22)(H,23,24). The van der Waals surface area contributed by atoms with E-state index in [9.17, 15) is 23.1 Å². The lowest BCUT2D eigenvalue weighted by Gasteiger charge is -2.38. The second-order valence-electron chi connectivity index (χ2n) is 7.54. The van der Waals surface area contributed by atoms with E-state index in [0.29, 0.717) is 12.8 Å². The van der Waals surface area contributed by atoms with Crippen molar-refractivity contribution in [1.82, 2.24) is 9.62 Å². The van der Waals surface area contributed by atoms with Gasteiger partial charge in [-0.3, -0.25) is 4.79 Å². The molecule has 0 saturated heterocycles. The first-order chi connectivity index (χ1) is 12.8. The van der Waals surface area contributed by atoms with Gasteiger partial charge in [-0.1, -0.05) is 25.3 Å². The molecule has 1 amide bonds. The van der Waals surface area contributed by atoms with Crippen molar-refractivity contribution in [3.8, 4) is 0 Å². The molecule has 1 aromatic rings. The molecule has 0 spiro atoms. The Kier molecular flexibility index (Phi) is 5.58. The monoisotopic (exact) mass is 394 g/mol. The highest BCUT2D eigenvalue weighted by molar-refractivity contribution is 7.89. The molecule has 0 aromatic heterocycles. The number of hydrogen-bond donors (Lipinski definition) is 2. The molecule has 0 heterocycles. The zero-order chi connectivity index (χ0) is 19.7. The number of carbonyl (C=O) groups excluding carboxylic acids is 1. The van der Waals surface area contributed by atoms with Crippen molar-refractivity contribution in [2.24, 2.45) is 0 Å². The van der Waals surface area contributed by atoms with Gasteiger partial charge in [0.25, 0.3) is 5.91 Å². The summed E-state index contributed by atoms with van der Waals surface area (Å²) in [5.41, 5.74) is -1.08. The lowest BCUT2D eigenvalue weighted by molar-refractivity contribution is -0.148. The van der Waals surface area contributed by atoms with Crippen molar-refractivity contribution in [1.29, 1.82) is 0 Å². The summed E-state index contributed by atoms with van der Waals surface area (Å²) in [4.78, 5) is 24.0. The zero-order valence-electron chi connectivity index (χ0n) is 15.5. The fraction of sp³-hybridized carbons (Fsp3) is 0.579. The van der Waals surface area contributed by atoms with Crippen LogP contribution >= 0.6 is 0 Å². The quantitative estimate of drug-likeness (QED) is 0.771. The van der Waals surface area contributed by atoms with Crippen LogP contribution in [-0.4, -0.2) is 48.3 Å². The first-order valence-corrected chi connectivity index (χ1v) is 10.8. The van der Waals surface area contributed by atoms with Gasteiger partial charge in [-0.2, -0.15) is 4.31 Å². The minimum atomic E-state index is -3.71. The van der Waals surface area contributed by atoms with E-state index in [1.807, 2.05) is 0 Å². The Labute approximate surface area is 159 Å². The summed E-state index contributed by atoms with van der Waals surface area (Å²) in [6, 6.07) is 5.81. The van der Waals surface area contributed by atoms with E-state index >= 15 is 0 Å². The second kappa shape index (κ2) is 7.59.